The summed E-state index contributed by atoms with van der Waals surface area (Å²) in [6.07, 6.45) is 1.06. The minimum Gasteiger partial charge on any atom is -0.454 e. The summed E-state index contributed by atoms with van der Waals surface area (Å²) < 4.78 is 4.91. The molecule has 0 radical (unpaired) electrons. The third kappa shape index (κ3) is 4.75. The third-order valence-electron chi connectivity index (χ3n) is 4.78. The van der Waals surface area contributed by atoms with Crippen LogP contribution < -0.4 is 5.32 Å². The zero-order valence-electron chi connectivity index (χ0n) is 14.6. The average Bonchev–Trinajstić information content (AvgIpc) is 2.87. The van der Waals surface area contributed by atoms with Gasteiger partial charge in [0.1, 0.15) is 6.54 Å². The topological polar surface area (TPSA) is 92.8 Å². The minimum atomic E-state index is -0.808. The van der Waals surface area contributed by atoms with Crippen LogP contribution in [0.1, 0.15) is 12.8 Å². The van der Waals surface area contributed by atoms with Crippen LogP contribution in [0.15, 0.2) is 24.3 Å². The van der Waals surface area contributed by atoms with Gasteiger partial charge in [-0.3, -0.25) is 24.1 Å². The van der Waals surface area contributed by atoms with Crippen LogP contribution in [0.3, 0.4) is 0 Å². The van der Waals surface area contributed by atoms with Crippen LogP contribution in [0.5, 0.6) is 0 Å². The molecular formula is C18H17Br2ClN2O5. The highest BCUT2D eigenvalue weighted by Gasteiger charge is 2.52. The molecule has 150 valence electrons. The van der Waals surface area contributed by atoms with Gasteiger partial charge in [-0.05, 0) is 37.1 Å². The van der Waals surface area contributed by atoms with Crippen molar-refractivity contribution in [3.8, 4) is 0 Å². The number of amides is 3. The van der Waals surface area contributed by atoms with Gasteiger partial charge in [-0.15, -0.1) is 0 Å². The van der Waals surface area contributed by atoms with Gasteiger partial charge in [0.25, 0.3) is 5.91 Å². The molecule has 2 fully saturated rings. The van der Waals surface area contributed by atoms with E-state index in [-0.39, 0.29) is 21.5 Å². The highest BCUT2D eigenvalue weighted by atomic mass is 79.9. The van der Waals surface area contributed by atoms with E-state index in [2.05, 4.69) is 37.2 Å². The van der Waals surface area contributed by atoms with E-state index in [1.807, 2.05) is 0 Å². The molecule has 28 heavy (non-hydrogen) atoms. The maximum absolute atomic E-state index is 12.5. The smallest absolute Gasteiger partial charge is 0.326 e. The Balaban J connectivity index is 1.50. The molecule has 1 aromatic carbocycles. The highest BCUT2D eigenvalue weighted by Crippen LogP contribution is 2.43. The van der Waals surface area contributed by atoms with E-state index in [1.165, 1.54) is 0 Å². The normalized spacial score (nSPS) is 26.8. The molecule has 3 rings (SSSR count). The van der Waals surface area contributed by atoms with Crippen molar-refractivity contribution in [2.75, 3.05) is 18.5 Å². The number of alkyl halides is 2. The lowest BCUT2D eigenvalue weighted by Gasteiger charge is -2.29. The van der Waals surface area contributed by atoms with Crippen molar-refractivity contribution in [3.05, 3.63) is 29.3 Å². The molecule has 0 aromatic heterocycles. The van der Waals surface area contributed by atoms with Crippen molar-refractivity contribution >= 4 is 72.8 Å². The number of fused-ring (bicyclic) bond motifs is 1. The van der Waals surface area contributed by atoms with E-state index in [0.717, 1.165) is 4.90 Å². The minimum absolute atomic E-state index is 0.0916. The predicted octanol–water partition coefficient (Wildman–Crippen LogP) is 2.74. The van der Waals surface area contributed by atoms with E-state index in [4.69, 9.17) is 16.3 Å². The number of imide groups is 1. The van der Waals surface area contributed by atoms with Crippen LogP contribution in [-0.2, 0) is 23.9 Å². The Bertz CT molecular complexity index is 776. The number of likely N-dealkylation sites (tertiary alicyclic amines) is 1. The second-order valence-electron chi connectivity index (χ2n) is 6.69. The molecule has 1 aliphatic carbocycles. The number of nitrogens with one attached hydrogen (secondary N) is 1. The summed E-state index contributed by atoms with van der Waals surface area (Å²) in [5.41, 5.74) is 0.507. The molecule has 7 nitrogen and oxygen atoms in total. The number of carbonyl (C=O) groups excluding carboxylic acids is 4. The van der Waals surface area contributed by atoms with Crippen molar-refractivity contribution in [3.63, 3.8) is 0 Å². The molecule has 0 bridgehead atoms. The van der Waals surface area contributed by atoms with Crippen LogP contribution in [-0.4, -0.2) is 51.4 Å². The molecule has 4 atom stereocenters. The Morgan fingerprint density at radius 3 is 2.14 bits per heavy atom. The molecule has 1 saturated heterocycles. The molecule has 0 spiro atoms. The quantitative estimate of drug-likeness (QED) is 0.355. The van der Waals surface area contributed by atoms with Crippen LogP contribution in [0.25, 0.3) is 0 Å². The summed E-state index contributed by atoms with van der Waals surface area (Å²) in [5, 5.41) is 3.08. The summed E-state index contributed by atoms with van der Waals surface area (Å²) in [6, 6.07) is 6.45. The molecule has 10 heteroatoms. The molecule has 1 heterocycles. The summed E-state index contributed by atoms with van der Waals surface area (Å²) >= 11 is 12.8. The Hall–Kier alpha value is -1.45. The van der Waals surface area contributed by atoms with E-state index in [1.54, 1.807) is 24.3 Å². The van der Waals surface area contributed by atoms with Crippen LogP contribution in [0, 0.1) is 11.8 Å². The van der Waals surface area contributed by atoms with Crippen molar-refractivity contribution in [1.82, 2.24) is 4.90 Å². The Labute approximate surface area is 183 Å². The van der Waals surface area contributed by atoms with Gasteiger partial charge in [-0.1, -0.05) is 43.5 Å². The second kappa shape index (κ2) is 8.92. The Kier molecular flexibility index (Phi) is 6.77. The summed E-state index contributed by atoms with van der Waals surface area (Å²) in [7, 11) is 0. The number of esters is 1. The number of rotatable bonds is 5. The first kappa shape index (κ1) is 21.3. The van der Waals surface area contributed by atoms with E-state index >= 15 is 0 Å². The standard InChI is InChI=1S/C18H17Br2ClN2O5/c19-13-5-11-12(6-14(13)20)18(27)23(17(11)26)7-16(25)28-8-15(24)22-10-3-1-9(21)2-4-10/h1-4,11-14H,5-8H2,(H,22,24)/t11-,12+,13-,14-/m0/s1. The molecule has 1 aliphatic heterocycles. The fourth-order valence-electron chi connectivity index (χ4n) is 3.37. The lowest BCUT2D eigenvalue weighted by Crippen LogP contribution is -2.37. The van der Waals surface area contributed by atoms with Gasteiger partial charge >= 0.3 is 5.97 Å². The first-order valence-corrected chi connectivity index (χ1v) is 10.8. The summed E-state index contributed by atoms with van der Waals surface area (Å²) in [6.45, 7) is -1.00. The maximum Gasteiger partial charge on any atom is 0.326 e. The number of hydrogen-bond acceptors (Lipinski definition) is 5. The van der Waals surface area contributed by atoms with Crippen LogP contribution in [0.4, 0.5) is 5.69 Å². The van der Waals surface area contributed by atoms with Crippen molar-refractivity contribution in [1.29, 1.82) is 0 Å². The van der Waals surface area contributed by atoms with E-state index < -0.39 is 36.9 Å². The zero-order valence-corrected chi connectivity index (χ0v) is 18.5. The van der Waals surface area contributed by atoms with Gasteiger partial charge in [-0.2, -0.15) is 0 Å². The summed E-state index contributed by atoms with van der Waals surface area (Å²) in [5.74, 6) is -2.91. The lowest BCUT2D eigenvalue weighted by atomic mass is 9.81. The number of nitrogens with zero attached hydrogens (tertiary/aromatic N) is 1. The molecule has 3 amide bonds. The molecule has 1 saturated carbocycles. The van der Waals surface area contributed by atoms with Crippen LogP contribution >= 0.6 is 43.5 Å². The highest BCUT2D eigenvalue weighted by molar-refractivity contribution is 9.12. The number of halogens is 3. The first-order chi connectivity index (χ1) is 13.3. The van der Waals surface area contributed by atoms with Gasteiger partial charge in [0.2, 0.25) is 11.8 Å². The van der Waals surface area contributed by atoms with Gasteiger partial charge in [0.05, 0.1) is 11.8 Å². The third-order valence-corrected chi connectivity index (χ3v) is 7.77. The number of carbonyl (C=O) groups is 4. The van der Waals surface area contributed by atoms with Gasteiger partial charge in [-0.25, -0.2) is 0 Å². The van der Waals surface area contributed by atoms with Crippen molar-refractivity contribution < 1.29 is 23.9 Å². The average molecular weight is 537 g/mol. The second-order valence-corrected chi connectivity index (χ2v) is 9.48. The summed E-state index contributed by atoms with van der Waals surface area (Å²) in [4.78, 5) is 50.1. The largest absolute Gasteiger partial charge is 0.454 e. The molecule has 1 N–H and O–H groups in total. The SMILES string of the molecule is O=C(COC(=O)CN1C(=O)[C@H]2C[C@H](Br)[C@@H](Br)C[C@H]2C1=O)Nc1ccc(Cl)cc1. The predicted molar refractivity (Wildman–Crippen MR) is 109 cm³/mol. The number of anilines is 1. The van der Waals surface area contributed by atoms with Crippen molar-refractivity contribution in [2.24, 2.45) is 11.8 Å². The van der Waals surface area contributed by atoms with Crippen molar-refractivity contribution in [2.45, 2.75) is 22.5 Å². The number of ether oxygens (including phenoxy) is 1. The Morgan fingerprint density at radius 1 is 1.07 bits per heavy atom. The fourth-order valence-corrected chi connectivity index (χ4v) is 4.73. The fraction of sp³-hybridized carbons (Fsp3) is 0.444. The lowest BCUT2D eigenvalue weighted by molar-refractivity contribution is -0.154. The van der Waals surface area contributed by atoms with E-state index in [0.29, 0.717) is 23.6 Å². The number of hydrogen-bond donors (Lipinski definition) is 1. The molecule has 2 aliphatic rings. The van der Waals surface area contributed by atoms with Gasteiger partial charge in [0, 0.05) is 20.4 Å². The van der Waals surface area contributed by atoms with Gasteiger partial charge in [0.15, 0.2) is 6.61 Å². The molecular weight excluding hydrogens is 519 g/mol. The maximum atomic E-state index is 12.5. The number of benzene rings is 1. The molecule has 1 aromatic rings. The monoisotopic (exact) mass is 534 g/mol. The first-order valence-electron chi connectivity index (χ1n) is 8.60. The molecule has 0 unspecified atom stereocenters. The zero-order chi connectivity index (χ0) is 20.4. The van der Waals surface area contributed by atoms with E-state index in [9.17, 15) is 19.2 Å². The Morgan fingerprint density at radius 2 is 1.61 bits per heavy atom. The van der Waals surface area contributed by atoms with Crippen LogP contribution in [0.2, 0.25) is 5.02 Å². The van der Waals surface area contributed by atoms with Gasteiger partial charge < -0.3 is 10.1 Å².